The van der Waals surface area contributed by atoms with E-state index in [-0.39, 0.29) is 33.9 Å². The summed E-state index contributed by atoms with van der Waals surface area (Å²) in [5, 5.41) is 15.0. The fraction of sp³-hybridized carbons (Fsp3) is 0.0500. The van der Waals surface area contributed by atoms with E-state index in [1.807, 2.05) is 61.5 Å². The zero-order chi connectivity index (χ0) is 34.4. The summed E-state index contributed by atoms with van der Waals surface area (Å²) in [4.78, 5) is 25.4. The summed E-state index contributed by atoms with van der Waals surface area (Å²) in [5.41, 5.74) is 0.797. The average molecular weight is 685 g/mol. The quantitative estimate of drug-likeness (QED) is 0.0627. The standard InChI is InChI=1S/C40H33N2O5PS/c1-31-22-25-37(26-23-31)49(46,47)41(39-27-24-33(42(44)45)30-38(39)40(43)32-14-6-2-7-15-32)28-29-48(34-16-8-3-9-17-34,35-18-10-4-11-19-35)36-20-12-5-13-21-36/h2-27,29-30H,28H2,1H3. The molecular formula is C40H33N2O5PS. The number of sulfonamides is 1. The van der Waals surface area contributed by atoms with Crippen molar-refractivity contribution in [3.8, 4) is 0 Å². The summed E-state index contributed by atoms with van der Waals surface area (Å²) < 4.78 is 30.8. The lowest BCUT2D eigenvalue weighted by molar-refractivity contribution is -0.384. The van der Waals surface area contributed by atoms with Gasteiger partial charge in [-0.15, -0.1) is 0 Å². The maximum absolute atomic E-state index is 14.8. The minimum atomic E-state index is -4.31. The molecule has 6 aromatic rings. The number of anilines is 1. The van der Waals surface area contributed by atoms with Crippen LogP contribution in [-0.2, 0) is 10.0 Å². The number of ketones is 1. The Morgan fingerprint density at radius 1 is 0.694 bits per heavy atom. The topological polar surface area (TPSA) is 97.6 Å². The molecule has 0 atom stereocenters. The molecule has 0 fully saturated rings. The molecule has 0 bridgehead atoms. The van der Waals surface area contributed by atoms with Crippen molar-refractivity contribution in [2.45, 2.75) is 11.8 Å². The average Bonchev–Trinajstić information content (AvgIpc) is 3.14. The molecule has 0 spiro atoms. The Morgan fingerprint density at radius 3 is 1.63 bits per heavy atom. The van der Waals surface area contributed by atoms with E-state index in [1.54, 1.807) is 42.5 Å². The lowest BCUT2D eigenvalue weighted by Gasteiger charge is -2.31. The Kier molecular flexibility index (Phi) is 9.72. The molecule has 0 aliphatic heterocycles. The lowest BCUT2D eigenvalue weighted by atomic mass is 10.0. The highest BCUT2D eigenvalue weighted by molar-refractivity contribution is 7.95. The van der Waals surface area contributed by atoms with Gasteiger partial charge in [-0.05, 0) is 47.9 Å². The lowest BCUT2D eigenvalue weighted by Crippen LogP contribution is -2.36. The van der Waals surface area contributed by atoms with Gasteiger partial charge < -0.3 is 0 Å². The molecule has 9 heteroatoms. The Balaban J connectivity index is 1.66. The van der Waals surface area contributed by atoms with Crippen LogP contribution in [0.3, 0.4) is 0 Å². The van der Waals surface area contributed by atoms with E-state index in [4.69, 9.17) is 0 Å². The van der Waals surface area contributed by atoms with Crippen molar-refractivity contribution in [1.29, 1.82) is 0 Å². The highest BCUT2D eigenvalue weighted by Gasteiger charge is 2.32. The molecule has 0 saturated heterocycles. The van der Waals surface area contributed by atoms with Crippen molar-refractivity contribution in [3.05, 3.63) is 191 Å². The molecule has 0 aromatic heterocycles. The van der Waals surface area contributed by atoms with E-state index in [0.29, 0.717) is 0 Å². The first-order valence-electron chi connectivity index (χ1n) is 15.6. The van der Waals surface area contributed by atoms with Crippen LogP contribution in [0.4, 0.5) is 11.4 Å². The third-order valence-electron chi connectivity index (χ3n) is 8.36. The second kappa shape index (κ2) is 14.3. The van der Waals surface area contributed by atoms with Crippen LogP contribution < -0.4 is 20.2 Å². The zero-order valence-electron chi connectivity index (χ0n) is 26.7. The molecule has 6 aromatic carbocycles. The fourth-order valence-corrected chi connectivity index (χ4v) is 11.3. The molecule has 244 valence electrons. The van der Waals surface area contributed by atoms with Gasteiger partial charge in [0.1, 0.15) is 0 Å². The summed E-state index contributed by atoms with van der Waals surface area (Å²) in [6.45, 7) is -0.918. The van der Waals surface area contributed by atoms with Crippen LogP contribution in [0, 0.1) is 17.0 Å². The Hall–Kier alpha value is -5.56. The van der Waals surface area contributed by atoms with Gasteiger partial charge in [0, 0.05) is 17.7 Å². The summed E-state index contributed by atoms with van der Waals surface area (Å²) >= 11 is 0. The predicted molar refractivity (Wildman–Crippen MR) is 200 cm³/mol. The number of nitro benzene ring substituents is 1. The normalized spacial score (nSPS) is 11.4. The SMILES string of the molecule is Cc1ccc(S(=O)(=O)N(CC=P(c2ccccc2)(c2ccccc2)c2ccccc2)c2ccc([N+](=O)[O-])cc2C(=O)c2ccccc2)cc1. The van der Waals surface area contributed by atoms with E-state index >= 15 is 0 Å². The Morgan fingerprint density at radius 2 is 1.16 bits per heavy atom. The summed E-state index contributed by atoms with van der Waals surface area (Å²) in [6, 6.07) is 48.6. The van der Waals surface area contributed by atoms with Crippen LogP contribution in [0.1, 0.15) is 21.5 Å². The first-order chi connectivity index (χ1) is 23.7. The molecule has 0 unspecified atom stereocenters. The number of hydrogen-bond donors (Lipinski definition) is 0. The van der Waals surface area contributed by atoms with Crippen molar-refractivity contribution >= 4 is 55.8 Å². The molecule has 0 saturated carbocycles. The number of carbonyl (C=O) groups excluding carboxylic acids is 1. The number of carbonyl (C=O) groups is 1. The van der Waals surface area contributed by atoms with E-state index in [2.05, 4.69) is 42.2 Å². The molecule has 49 heavy (non-hydrogen) atoms. The third-order valence-corrected chi connectivity index (χ3v) is 14.2. The molecule has 0 N–H and O–H groups in total. The van der Waals surface area contributed by atoms with Crippen LogP contribution >= 0.6 is 6.89 Å². The molecule has 0 aliphatic rings. The summed E-state index contributed by atoms with van der Waals surface area (Å²) in [5.74, 6) is 1.52. The molecule has 0 aliphatic carbocycles. The van der Waals surface area contributed by atoms with Gasteiger partial charge in [-0.3, -0.25) is 19.2 Å². The minimum absolute atomic E-state index is 0.0334. The third kappa shape index (κ3) is 6.74. The fourth-order valence-electron chi connectivity index (χ4n) is 5.89. The van der Waals surface area contributed by atoms with Crippen molar-refractivity contribution in [3.63, 3.8) is 0 Å². The van der Waals surface area contributed by atoms with Crippen LogP contribution in [0.5, 0.6) is 0 Å². The van der Waals surface area contributed by atoms with Gasteiger partial charge in [0.05, 0.1) is 27.6 Å². The van der Waals surface area contributed by atoms with Gasteiger partial charge in [-0.25, -0.2) is 8.42 Å². The Bertz CT molecular complexity index is 2160. The summed E-state index contributed by atoms with van der Waals surface area (Å²) in [7, 11) is -4.31. The summed E-state index contributed by atoms with van der Waals surface area (Å²) in [6.07, 6.45) is 0. The van der Waals surface area contributed by atoms with Crippen molar-refractivity contribution < 1.29 is 18.1 Å². The van der Waals surface area contributed by atoms with Gasteiger partial charge >= 0.3 is 0 Å². The second-order valence-electron chi connectivity index (χ2n) is 11.4. The van der Waals surface area contributed by atoms with Crippen molar-refractivity contribution in [2.75, 3.05) is 10.8 Å². The molecular weight excluding hydrogens is 651 g/mol. The van der Waals surface area contributed by atoms with E-state index < -0.39 is 27.6 Å². The molecule has 0 amide bonds. The van der Waals surface area contributed by atoms with E-state index in [9.17, 15) is 23.3 Å². The van der Waals surface area contributed by atoms with E-state index in [1.165, 1.54) is 28.6 Å². The molecule has 0 radical (unpaired) electrons. The largest absolute Gasteiger partial charge is 0.289 e. The number of non-ortho nitro benzene ring substituents is 1. The van der Waals surface area contributed by atoms with Crippen LogP contribution in [0.2, 0.25) is 0 Å². The molecule has 6 rings (SSSR count). The zero-order valence-corrected chi connectivity index (χ0v) is 28.4. The predicted octanol–water partition coefficient (Wildman–Crippen LogP) is 7.13. The van der Waals surface area contributed by atoms with Gasteiger partial charge in [0.15, 0.2) is 5.78 Å². The monoisotopic (exact) mass is 684 g/mol. The Labute approximate surface area is 286 Å². The number of rotatable bonds is 11. The number of aryl methyl sites for hydroxylation is 1. The smallest absolute Gasteiger partial charge is 0.270 e. The number of benzene rings is 6. The molecule has 7 nitrogen and oxygen atoms in total. The van der Waals surface area contributed by atoms with Crippen LogP contribution in [-0.4, -0.2) is 31.5 Å². The first kappa shape index (κ1) is 33.3. The number of nitro groups is 1. The van der Waals surface area contributed by atoms with Crippen LogP contribution in [0.15, 0.2) is 169 Å². The van der Waals surface area contributed by atoms with Crippen molar-refractivity contribution in [2.24, 2.45) is 0 Å². The molecule has 0 heterocycles. The maximum atomic E-state index is 14.8. The highest BCUT2D eigenvalue weighted by Crippen LogP contribution is 2.44. The maximum Gasteiger partial charge on any atom is 0.270 e. The van der Waals surface area contributed by atoms with E-state index in [0.717, 1.165) is 27.5 Å². The van der Waals surface area contributed by atoms with Gasteiger partial charge in [0.2, 0.25) is 0 Å². The number of nitrogens with zero attached hydrogens (tertiary/aromatic N) is 2. The van der Waals surface area contributed by atoms with Gasteiger partial charge in [-0.1, -0.05) is 145 Å². The van der Waals surface area contributed by atoms with Crippen molar-refractivity contribution in [1.82, 2.24) is 0 Å². The second-order valence-corrected chi connectivity index (χ2v) is 16.6. The number of hydrogen-bond acceptors (Lipinski definition) is 5. The van der Waals surface area contributed by atoms with Gasteiger partial charge in [0.25, 0.3) is 15.7 Å². The van der Waals surface area contributed by atoms with Gasteiger partial charge in [-0.2, -0.15) is 0 Å². The first-order valence-corrected chi connectivity index (χ1v) is 18.9. The minimum Gasteiger partial charge on any atom is -0.289 e. The van der Waals surface area contributed by atoms with Crippen LogP contribution in [0.25, 0.3) is 0 Å². The highest BCUT2D eigenvalue weighted by atomic mass is 32.2.